The highest BCUT2D eigenvalue weighted by Gasteiger charge is 2.18. The first-order valence-electron chi connectivity index (χ1n) is 17.3. The summed E-state index contributed by atoms with van der Waals surface area (Å²) in [4.78, 5) is 26.7. The van der Waals surface area contributed by atoms with Crippen LogP contribution in [0, 0.1) is 0 Å². The molecule has 0 aliphatic rings. The molecule has 0 saturated heterocycles. The van der Waals surface area contributed by atoms with E-state index in [9.17, 15) is 9.59 Å². The predicted octanol–water partition coefficient (Wildman–Crippen LogP) is 12.1. The molecule has 0 aromatic heterocycles. The zero-order valence-electron chi connectivity index (χ0n) is 28.1. The SMILES string of the molecule is O=C(Nc1ccc(-c2c3ccccc3c(-c3ccc(NC(=O)c4cccc5ccccc45)cc3)c3ccccc23)cc1)c1cccc2ccccc12. The van der Waals surface area contributed by atoms with Crippen molar-refractivity contribution in [3.8, 4) is 22.3 Å². The molecule has 52 heavy (non-hydrogen) atoms. The van der Waals surface area contributed by atoms with E-state index in [0.29, 0.717) is 11.1 Å². The standard InChI is InChI=1S/C48H32N2O2/c51-47(43-21-9-13-31-11-1-3-15-37(31)43)49-35-27-23-33(24-28-35)45-39-17-5-7-19-41(39)46(42-20-8-6-18-40(42)45)34-25-29-36(30-26-34)50-48(52)44-22-10-14-32-12-2-4-16-38(32)44/h1-30H,(H,49,51)(H,50,52). The number of hydrogen-bond donors (Lipinski definition) is 2. The lowest BCUT2D eigenvalue weighted by molar-refractivity contribution is 0.102. The Morgan fingerprint density at radius 2 is 0.615 bits per heavy atom. The van der Waals surface area contributed by atoms with Gasteiger partial charge in [0.25, 0.3) is 11.8 Å². The first-order valence-corrected chi connectivity index (χ1v) is 17.3. The Morgan fingerprint density at radius 1 is 0.308 bits per heavy atom. The van der Waals surface area contributed by atoms with E-state index < -0.39 is 0 Å². The highest BCUT2D eigenvalue weighted by Crippen LogP contribution is 2.44. The van der Waals surface area contributed by atoms with Gasteiger partial charge in [-0.3, -0.25) is 9.59 Å². The molecule has 0 heterocycles. The fraction of sp³-hybridized carbons (Fsp3) is 0. The van der Waals surface area contributed by atoms with E-state index in [1.165, 1.54) is 0 Å². The topological polar surface area (TPSA) is 58.2 Å². The van der Waals surface area contributed by atoms with Gasteiger partial charge >= 0.3 is 0 Å². The van der Waals surface area contributed by atoms with Gasteiger partial charge in [-0.1, -0.05) is 146 Å². The zero-order valence-corrected chi connectivity index (χ0v) is 28.1. The molecule has 9 aromatic carbocycles. The molecular weight excluding hydrogens is 637 g/mol. The number of fused-ring (bicyclic) bond motifs is 4. The van der Waals surface area contributed by atoms with Gasteiger partial charge in [-0.05, 0) is 102 Å². The van der Waals surface area contributed by atoms with Crippen LogP contribution in [0.1, 0.15) is 20.7 Å². The maximum absolute atomic E-state index is 13.4. The Kier molecular flexibility index (Phi) is 7.75. The molecule has 0 radical (unpaired) electrons. The monoisotopic (exact) mass is 668 g/mol. The van der Waals surface area contributed by atoms with Crippen LogP contribution < -0.4 is 10.6 Å². The third kappa shape index (κ3) is 5.53. The molecule has 0 atom stereocenters. The molecule has 2 N–H and O–H groups in total. The fourth-order valence-electron chi connectivity index (χ4n) is 7.43. The molecule has 9 rings (SSSR count). The average molecular weight is 669 g/mol. The number of nitrogens with one attached hydrogen (secondary N) is 2. The molecule has 246 valence electrons. The number of benzene rings is 9. The summed E-state index contributed by atoms with van der Waals surface area (Å²) in [6.45, 7) is 0. The Morgan fingerprint density at radius 3 is 0.981 bits per heavy atom. The zero-order chi connectivity index (χ0) is 35.0. The minimum Gasteiger partial charge on any atom is -0.322 e. The van der Waals surface area contributed by atoms with E-state index in [1.54, 1.807) is 0 Å². The number of carbonyl (C=O) groups is 2. The molecule has 0 bridgehead atoms. The summed E-state index contributed by atoms with van der Waals surface area (Å²) < 4.78 is 0. The van der Waals surface area contributed by atoms with Crippen LogP contribution in [-0.2, 0) is 0 Å². The number of carbonyl (C=O) groups excluding carboxylic acids is 2. The summed E-state index contributed by atoms with van der Waals surface area (Å²) >= 11 is 0. The average Bonchev–Trinajstić information content (AvgIpc) is 3.20. The van der Waals surface area contributed by atoms with Gasteiger partial charge < -0.3 is 10.6 Å². The second-order valence-corrected chi connectivity index (χ2v) is 13.0. The number of anilines is 2. The summed E-state index contributed by atoms with van der Waals surface area (Å²) in [6, 6.07) is 60.7. The van der Waals surface area contributed by atoms with Crippen molar-refractivity contribution in [1.29, 1.82) is 0 Å². The highest BCUT2D eigenvalue weighted by atomic mass is 16.2. The van der Waals surface area contributed by atoms with Crippen molar-refractivity contribution in [2.75, 3.05) is 10.6 Å². The molecule has 9 aromatic rings. The largest absolute Gasteiger partial charge is 0.322 e. The van der Waals surface area contributed by atoms with Crippen LogP contribution in [0.4, 0.5) is 11.4 Å². The first-order chi connectivity index (χ1) is 25.6. The molecule has 0 fully saturated rings. The van der Waals surface area contributed by atoms with Gasteiger partial charge in [-0.25, -0.2) is 0 Å². The number of amides is 2. The van der Waals surface area contributed by atoms with Crippen LogP contribution in [0.15, 0.2) is 182 Å². The Balaban J connectivity index is 1.05. The van der Waals surface area contributed by atoms with Gasteiger partial charge in [0, 0.05) is 22.5 Å². The molecular formula is C48H32N2O2. The van der Waals surface area contributed by atoms with Gasteiger partial charge in [-0.15, -0.1) is 0 Å². The van der Waals surface area contributed by atoms with Crippen molar-refractivity contribution in [1.82, 2.24) is 0 Å². The van der Waals surface area contributed by atoms with Crippen LogP contribution >= 0.6 is 0 Å². The van der Waals surface area contributed by atoms with Crippen LogP contribution in [0.3, 0.4) is 0 Å². The fourth-order valence-corrected chi connectivity index (χ4v) is 7.43. The summed E-state index contributed by atoms with van der Waals surface area (Å²) in [5.41, 5.74) is 7.17. The molecule has 4 nitrogen and oxygen atoms in total. The maximum Gasteiger partial charge on any atom is 0.256 e. The van der Waals surface area contributed by atoms with E-state index in [4.69, 9.17) is 0 Å². The molecule has 2 amide bonds. The van der Waals surface area contributed by atoms with Gasteiger partial charge in [0.15, 0.2) is 0 Å². The van der Waals surface area contributed by atoms with E-state index >= 15 is 0 Å². The van der Waals surface area contributed by atoms with Crippen LogP contribution in [-0.4, -0.2) is 11.8 Å². The van der Waals surface area contributed by atoms with E-state index in [0.717, 1.165) is 76.7 Å². The second-order valence-electron chi connectivity index (χ2n) is 13.0. The maximum atomic E-state index is 13.4. The lowest BCUT2D eigenvalue weighted by Crippen LogP contribution is -2.12. The molecule has 0 saturated carbocycles. The smallest absolute Gasteiger partial charge is 0.256 e. The third-order valence-corrected chi connectivity index (χ3v) is 9.86. The van der Waals surface area contributed by atoms with Crippen LogP contribution in [0.5, 0.6) is 0 Å². The summed E-state index contributed by atoms with van der Waals surface area (Å²) in [5, 5.41) is 14.7. The summed E-state index contributed by atoms with van der Waals surface area (Å²) in [6.07, 6.45) is 0. The third-order valence-electron chi connectivity index (χ3n) is 9.86. The number of hydrogen-bond acceptors (Lipinski definition) is 2. The minimum absolute atomic E-state index is 0.135. The van der Waals surface area contributed by atoms with Crippen LogP contribution in [0.25, 0.3) is 65.3 Å². The minimum atomic E-state index is -0.135. The van der Waals surface area contributed by atoms with Gasteiger partial charge in [0.1, 0.15) is 0 Å². The quantitative estimate of drug-likeness (QED) is 0.173. The lowest BCUT2D eigenvalue weighted by Gasteiger charge is -2.18. The van der Waals surface area contributed by atoms with Crippen LogP contribution in [0.2, 0.25) is 0 Å². The summed E-state index contributed by atoms with van der Waals surface area (Å²) in [5.74, 6) is -0.270. The van der Waals surface area contributed by atoms with Crippen molar-refractivity contribution in [2.45, 2.75) is 0 Å². The second kappa shape index (κ2) is 13.0. The van der Waals surface area contributed by atoms with Crippen molar-refractivity contribution in [2.24, 2.45) is 0 Å². The van der Waals surface area contributed by atoms with Gasteiger partial charge in [0.05, 0.1) is 0 Å². The van der Waals surface area contributed by atoms with Crippen molar-refractivity contribution >= 4 is 66.3 Å². The van der Waals surface area contributed by atoms with Crippen molar-refractivity contribution in [3.63, 3.8) is 0 Å². The van der Waals surface area contributed by atoms with Crippen molar-refractivity contribution < 1.29 is 9.59 Å². The highest BCUT2D eigenvalue weighted by molar-refractivity contribution is 6.22. The van der Waals surface area contributed by atoms with Gasteiger partial charge in [-0.2, -0.15) is 0 Å². The summed E-state index contributed by atoms with van der Waals surface area (Å²) in [7, 11) is 0. The van der Waals surface area contributed by atoms with E-state index in [1.807, 2.05) is 109 Å². The predicted molar refractivity (Wildman–Crippen MR) is 216 cm³/mol. The Bertz CT molecular complexity index is 2560. The molecule has 0 spiro atoms. The Labute approximate surface area is 301 Å². The molecule has 0 unspecified atom stereocenters. The van der Waals surface area contributed by atoms with E-state index in [-0.39, 0.29) is 11.8 Å². The molecule has 0 aliphatic carbocycles. The van der Waals surface area contributed by atoms with Crippen molar-refractivity contribution in [3.05, 3.63) is 193 Å². The lowest BCUT2D eigenvalue weighted by atomic mass is 9.86. The Hall–Kier alpha value is -7.04. The normalized spacial score (nSPS) is 11.2. The van der Waals surface area contributed by atoms with E-state index in [2.05, 4.69) is 83.4 Å². The first kappa shape index (κ1) is 31.0. The molecule has 0 aliphatic heterocycles. The molecule has 4 heteroatoms. The van der Waals surface area contributed by atoms with Gasteiger partial charge in [0.2, 0.25) is 0 Å². The number of rotatable bonds is 6.